The molecule has 0 radical (unpaired) electrons. The lowest BCUT2D eigenvalue weighted by Gasteiger charge is -2.13. The Morgan fingerprint density at radius 2 is 1.90 bits per heavy atom. The number of benzene rings is 1. The lowest BCUT2D eigenvalue weighted by molar-refractivity contribution is 0.497. The largest absolute Gasteiger partial charge is 0.310 e. The summed E-state index contributed by atoms with van der Waals surface area (Å²) < 4.78 is 53.9. The minimum Gasteiger partial charge on any atom is -0.310 e. The van der Waals surface area contributed by atoms with Crippen LogP contribution in [0.15, 0.2) is 17.0 Å². The third kappa shape index (κ3) is 4.22. The summed E-state index contributed by atoms with van der Waals surface area (Å²) in [5.41, 5.74) is -0.266. The highest BCUT2D eigenvalue weighted by Gasteiger charge is 2.23. The van der Waals surface area contributed by atoms with Gasteiger partial charge in [-0.1, -0.05) is 20.8 Å². The fourth-order valence-electron chi connectivity index (χ4n) is 1.57. The van der Waals surface area contributed by atoms with Crippen LogP contribution in [-0.2, 0) is 16.6 Å². The summed E-state index contributed by atoms with van der Waals surface area (Å²) in [4.78, 5) is -0.520. The Kier molecular flexibility index (Phi) is 6.04. The summed E-state index contributed by atoms with van der Waals surface area (Å²) in [6.07, 6.45) is 0.587. The van der Waals surface area contributed by atoms with Crippen molar-refractivity contribution in [2.45, 2.75) is 44.7 Å². The maximum absolute atomic E-state index is 14.2. The molecule has 0 aliphatic carbocycles. The van der Waals surface area contributed by atoms with E-state index in [2.05, 4.69) is 10.0 Å². The van der Waals surface area contributed by atoms with Crippen LogP contribution in [0.2, 0.25) is 0 Å². The van der Waals surface area contributed by atoms with Crippen molar-refractivity contribution in [1.82, 2.24) is 10.0 Å². The van der Waals surface area contributed by atoms with Gasteiger partial charge in [-0.25, -0.2) is 21.9 Å². The lowest BCUT2D eigenvalue weighted by atomic mass is 10.2. The van der Waals surface area contributed by atoms with Crippen molar-refractivity contribution in [2.24, 2.45) is 0 Å². The second kappa shape index (κ2) is 7.10. The van der Waals surface area contributed by atoms with E-state index in [4.69, 9.17) is 0 Å². The van der Waals surface area contributed by atoms with Crippen LogP contribution in [0.5, 0.6) is 0 Å². The zero-order valence-electron chi connectivity index (χ0n) is 11.8. The quantitative estimate of drug-likeness (QED) is 0.811. The molecule has 0 fully saturated rings. The molecular formula is C13H20F2N2O2S. The van der Waals surface area contributed by atoms with Crippen molar-refractivity contribution in [1.29, 1.82) is 0 Å². The van der Waals surface area contributed by atoms with Crippen LogP contribution in [0.25, 0.3) is 0 Å². The standard InChI is InChI=1S/C13H20F2N2O2S/c1-4-7-17-20(18,19)12-6-5-11(14)10(13(12)15)8-16-9(2)3/h5-6,9,16-17H,4,7-8H2,1-3H3. The third-order valence-corrected chi connectivity index (χ3v) is 4.15. The van der Waals surface area contributed by atoms with Crippen LogP contribution in [0.1, 0.15) is 32.8 Å². The van der Waals surface area contributed by atoms with Crippen LogP contribution in [-0.4, -0.2) is 21.0 Å². The van der Waals surface area contributed by atoms with Gasteiger partial charge in [-0.2, -0.15) is 0 Å². The molecule has 4 nitrogen and oxygen atoms in total. The lowest BCUT2D eigenvalue weighted by Crippen LogP contribution is -2.27. The van der Waals surface area contributed by atoms with Crippen LogP contribution < -0.4 is 10.0 Å². The fraction of sp³-hybridized carbons (Fsp3) is 0.538. The number of hydrogen-bond donors (Lipinski definition) is 2. The average molecular weight is 306 g/mol. The van der Waals surface area contributed by atoms with E-state index in [1.165, 1.54) is 0 Å². The summed E-state index contributed by atoms with van der Waals surface area (Å²) in [5, 5.41) is 2.87. The van der Waals surface area contributed by atoms with Crippen molar-refractivity contribution in [3.05, 3.63) is 29.3 Å². The van der Waals surface area contributed by atoms with Crippen LogP contribution in [0, 0.1) is 11.6 Å². The molecule has 0 aliphatic rings. The maximum atomic E-state index is 14.2. The van der Waals surface area contributed by atoms with E-state index >= 15 is 0 Å². The molecule has 1 rings (SSSR count). The molecule has 0 spiro atoms. The van der Waals surface area contributed by atoms with E-state index in [-0.39, 0.29) is 24.7 Å². The molecule has 7 heteroatoms. The average Bonchev–Trinajstić information content (AvgIpc) is 2.35. The van der Waals surface area contributed by atoms with E-state index < -0.39 is 26.6 Å². The minimum atomic E-state index is -3.95. The third-order valence-electron chi connectivity index (χ3n) is 2.67. The Labute approximate surface area is 118 Å². The van der Waals surface area contributed by atoms with Crippen molar-refractivity contribution in [3.8, 4) is 0 Å². The van der Waals surface area contributed by atoms with Gasteiger partial charge >= 0.3 is 0 Å². The molecule has 1 aromatic carbocycles. The number of nitrogens with one attached hydrogen (secondary N) is 2. The highest BCUT2D eigenvalue weighted by molar-refractivity contribution is 7.89. The summed E-state index contributed by atoms with van der Waals surface area (Å²) in [6.45, 7) is 5.60. The van der Waals surface area contributed by atoms with E-state index in [0.717, 1.165) is 12.1 Å². The Bertz CT molecular complexity index is 560. The first-order valence-corrected chi connectivity index (χ1v) is 7.97. The summed E-state index contributed by atoms with van der Waals surface area (Å²) >= 11 is 0. The van der Waals surface area contributed by atoms with Crippen LogP contribution >= 0.6 is 0 Å². The van der Waals surface area contributed by atoms with Gasteiger partial charge in [-0.3, -0.25) is 0 Å². The Hall–Kier alpha value is -1.05. The van der Waals surface area contributed by atoms with E-state index in [1.807, 2.05) is 13.8 Å². The van der Waals surface area contributed by atoms with Gasteiger partial charge in [-0.05, 0) is 18.6 Å². The maximum Gasteiger partial charge on any atom is 0.243 e. The van der Waals surface area contributed by atoms with Crippen molar-refractivity contribution >= 4 is 10.0 Å². The van der Waals surface area contributed by atoms with E-state index in [9.17, 15) is 17.2 Å². The molecule has 0 heterocycles. The second-order valence-corrected chi connectivity index (χ2v) is 6.51. The minimum absolute atomic E-state index is 0.0345. The normalized spacial score (nSPS) is 12.1. The Morgan fingerprint density at radius 3 is 2.45 bits per heavy atom. The zero-order valence-corrected chi connectivity index (χ0v) is 12.7. The smallest absolute Gasteiger partial charge is 0.243 e. The van der Waals surface area contributed by atoms with E-state index in [1.54, 1.807) is 6.92 Å². The molecule has 20 heavy (non-hydrogen) atoms. The van der Waals surface area contributed by atoms with Gasteiger partial charge in [0.1, 0.15) is 10.7 Å². The zero-order chi connectivity index (χ0) is 15.3. The predicted octanol–water partition coefficient (Wildman–Crippen LogP) is 2.15. The van der Waals surface area contributed by atoms with Gasteiger partial charge in [0.2, 0.25) is 10.0 Å². The molecule has 114 valence electrons. The number of hydrogen-bond acceptors (Lipinski definition) is 3. The Balaban J connectivity index is 3.14. The van der Waals surface area contributed by atoms with Crippen molar-refractivity contribution in [2.75, 3.05) is 6.54 Å². The monoisotopic (exact) mass is 306 g/mol. The predicted molar refractivity (Wildman–Crippen MR) is 73.8 cm³/mol. The Morgan fingerprint density at radius 1 is 1.25 bits per heavy atom. The SMILES string of the molecule is CCCNS(=O)(=O)c1ccc(F)c(CNC(C)C)c1F. The number of rotatable bonds is 7. The van der Waals surface area contributed by atoms with Gasteiger partial charge in [0.05, 0.1) is 0 Å². The van der Waals surface area contributed by atoms with Crippen LogP contribution in [0.4, 0.5) is 8.78 Å². The second-order valence-electron chi connectivity index (χ2n) is 4.77. The molecular weight excluding hydrogens is 286 g/mol. The molecule has 0 unspecified atom stereocenters. The molecule has 0 aliphatic heterocycles. The summed E-state index contributed by atoms with van der Waals surface area (Å²) in [7, 11) is -3.95. The van der Waals surface area contributed by atoms with Gasteiger partial charge in [-0.15, -0.1) is 0 Å². The van der Waals surface area contributed by atoms with Gasteiger partial charge in [0.15, 0.2) is 5.82 Å². The first-order chi connectivity index (χ1) is 9.29. The van der Waals surface area contributed by atoms with Gasteiger partial charge in [0.25, 0.3) is 0 Å². The van der Waals surface area contributed by atoms with Crippen molar-refractivity contribution < 1.29 is 17.2 Å². The first kappa shape index (κ1) is 17.0. The highest BCUT2D eigenvalue weighted by atomic mass is 32.2. The molecule has 2 N–H and O–H groups in total. The molecule has 0 amide bonds. The molecule has 0 atom stereocenters. The van der Waals surface area contributed by atoms with Gasteiger partial charge < -0.3 is 5.32 Å². The molecule has 0 saturated carbocycles. The van der Waals surface area contributed by atoms with Crippen molar-refractivity contribution in [3.63, 3.8) is 0 Å². The highest BCUT2D eigenvalue weighted by Crippen LogP contribution is 2.21. The summed E-state index contributed by atoms with van der Waals surface area (Å²) in [5.74, 6) is -1.80. The number of sulfonamides is 1. The first-order valence-electron chi connectivity index (χ1n) is 6.49. The topological polar surface area (TPSA) is 58.2 Å². The molecule has 0 saturated heterocycles. The van der Waals surface area contributed by atoms with Gasteiger partial charge in [0, 0.05) is 24.7 Å². The molecule has 0 aromatic heterocycles. The molecule has 0 bridgehead atoms. The fourth-order valence-corrected chi connectivity index (χ4v) is 2.80. The number of halogens is 2. The molecule has 1 aromatic rings. The van der Waals surface area contributed by atoms with E-state index in [0.29, 0.717) is 6.42 Å². The van der Waals surface area contributed by atoms with Crippen LogP contribution in [0.3, 0.4) is 0 Å². The summed E-state index contributed by atoms with van der Waals surface area (Å²) in [6, 6.07) is 1.95.